The Hall–Kier alpha value is -2.48. The Balaban J connectivity index is 1.65. The third-order valence-electron chi connectivity index (χ3n) is 4.41. The van der Waals surface area contributed by atoms with E-state index in [-0.39, 0.29) is 10.7 Å². The number of carbonyl (C=O) groups excluding carboxylic acids is 1. The predicted molar refractivity (Wildman–Crippen MR) is 106 cm³/mol. The second-order valence-corrected chi connectivity index (χ2v) is 8.01. The molecule has 3 rings (SSSR count). The zero-order valence-corrected chi connectivity index (χ0v) is 15.9. The first-order valence-electron chi connectivity index (χ1n) is 8.68. The quantitative estimate of drug-likeness (QED) is 0.609. The van der Waals surface area contributed by atoms with Crippen molar-refractivity contribution in [3.05, 3.63) is 65.7 Å². The molecule has 1 aliphatic rings. The molecule has 0 saturated carbocycles. The van der Waals surface area contributed by atoms with Crippen LogP contribution in [0.15, 0.2) is 59.5 Å². The molecular weight excluding hydrogens is 364 g/mol. The molecule has 142 valence electrons. The number of sulfonamides is 1. The van der Waals surface area contributed by atoms with Crippen LogP contribution in [-0.2, 0) is 14.8 Å². The maximum Gasteiger partial charge on any atom is 0.240 e. The summed E-state index contributed by atoms with van der Waals surface area (Å²) in [6.45, 7) is 3.25. The predicted octanol–water partition coefficient (Wildman–Crippen LogP) is 2.33. The molecular formula is C20H22N2O4S. The Kier molecular flexibility index (Phi) is 6.05. The van der Waals surface area contributed by atoms with E-state index in [1.165, 1.54) is 37.4 Å². The van der Waals surface area contributed by atoms with Gasteiger partial charge in [-0.25, -0.2) is 13.1 Å². The van der Waals surface area contributed by atoms with E-state index in [9.17, 15) is 13.2 Å². The molecule has 2 aromatic rings. The summed E-state index contributed by atoms with van der Waals surface area (Å²) in [4.78, 5) is 14.7. The van der Waals surface area contributed by atoms with E-state index in [0.29, 0.717) is 5.56 Å². The molecule has 0 radical (unpaired) electrons. The zero-order valence-electron chi connectivity index (χ0n) is 15.1. The first-order chi connectivity index (χ1) is 13.0. The lowest BCUT2D eigenvalue weighted by Gasteiger charge is -2.28. The number of rotatable bonds is 6. The summed E-state index contributed by atoms with van der Waals surface area (Å²) in [5.41, 5.74) is 2.50. The number of ketones is 1. The van der Waals surface area contributed by atoms with Gasteiger partial charge in [-0.1, -0.05) is 18.2 Å². The largest absolute Gasteiger partial charge is 0.378 e. The van der Waals surface area contributed by atoms with Crippen molar-refractivity contribution in [2.45, 2.75) is 4.90 Å². The van der Waals surface area contributed by atoms with Gasteiger partial charge in [-0.05, 0) is 55.1 Å². The molecule has 1 N–H and O–H groups in total. The minimum absolute atomic E-state index is 0.129. The lowest BCUT2D eigenvalue weighted by atomic mass is 10.1. The number of benzene rings is 2. The van der Waals surface area contributed by atoms with E-state index >= 15 is 0 Å². The molecule has 27 heavy (non-hydrogen) atoms. The van der Waals surface area contributed by atoms with E-state index in [1.54, 1.807) is 6.08 Å². The van der Waals surface area contributed by atoms with Gasteiger partial charge in [0.2, 0.25) is 10.0 Å². The summed E-state index contributed by atoms with van der Waals surface area (Å²) in [5, 5.41) is 0. The van der Waals surface area contributed by atoms with Crippen molar-refractivity contribution in [3.63, 3.8) is 0 Å². The van der Waals surface area contributed by atoms with Crippen LogP contribution < -0.4 is 9.62 Å². The molecule has 1 saturated heterocycles. The van der Waals surface area contributed by atoms with Crippen molar-refractivity contribution in [1.29, 1.82) is 0 Å². The number of carbonyl (C=O) groups is 1. The highest BCUT2D eigenvalue weighted by molar-refractivity contribution is 7.89. The molecule has 2 aromatic carbocycles. The van der Waals surface area contributed by atoms with Crippen LogP contribution in [-0.4, -0.2) is 47.6 Å². The molecule has 0 aliphatic carbocycles. The molecule has 0 unspecified atom stereocenters. The van der Waals surface area contributed by atoms with Crippen molar-refractivity contribution >= 4 is 27.6 Å². The van der Waals surface area contributed by atoms with Gasteiger partial charge in [0.25, 0.3) is 0 Å². The fourth-order valence-electron chi connectivity index (χ4n) is 2.80. The van der Waals surface area contributed by atoms with Crippen molar-refractivity contribution in [2.24, 2.45) is 0 Å². The maximum atomic E-state index is 12.3. The van der Waals surface area contributed by atoms with Gasteiger partial charge in [0.05, 0.1) is 18.1 Å². The van der Waals surface area contributed by atoms with Crippen LogP contribution in [0.2, 0.25) is 0 Å². The van der Waals surface area contributed by atoms with Gasteiger partial charge >= 0.3 is 0 Å². The zero-order chi connectivity index (χ0) is 19.3. The highest BCUT2D eigenvalue weighted by Crippen LogP contribution is 2.18. The fourth-order valence-corrected chi connectivity index (χ4v) is 3.53. The number of ether oxygens (including phenoxy) is 1. The summed E-state index contributed by atoms with van der Waals surface area (Å²) in [7, 11) is -2.15. The van der Waals surface area contributed by atoms with Crippen molar-refractivity contribution in [1.82, 2.24) is 4.72 Å². The van der Waals surface area contributed by atoms with E-state index in [0.717, 1.165) is 37.6 Å². The third kappa shape index (κ3) is 4.82. The molecule has 0 bridgehead atoms. The van der Waals surface area contributed by atoms with Crippen LogP contribution in [0.25, 0.3) is 6.08 Å². The highest BCUT2D eigenvalue weighted by Gasteiger charge is 2.12. The molecule has 0 atom stereocenters. The Labute approximate surface area is 159 Å². The second-order valence-electron chi connectivity index (χ2n) is 6.12. The molecule has 0 spiro atoms. The van der Waals surface area contributed by atoms with Gasteiger partial charge in [-0.15, -0.1) is 0 Å². The summed E-state index contributed by atoms with van der Waals surface area (Å²) >= 11 is 0. The van der Waals surface area contributed by atoms with Gasteiger partial charge in [0.1, 0.15) is 0 Å². The number of hydrogen-bond acceptors (Lipinski definition) is 5. The van der Waals surface area contributed by atoms with Gasteiger partial charge in [-0.2, -0.15) is 0 Å². The Bertz CT molecular complexity index is 913. The molecule has 0 amide bonds. The van der Waals surface area contributed by atoms with E-state index in [1.807, 2.05) is 24.3 Å². The monoisotopic (exact) mass is 386 g/mol. The Morgan fingerprint density at radius 1 is 1.04 bits per heavy atom. The van der Waals surface area contributed by atoms with Crippen LogP contribution >= 0.6 is 0 Å². The molecule has 1 heterocycles. The normalized spacial score (nSPS) is 15.2. The van der Waals surface area contributed by atoms with Crippen molar-refractivity contribution in [2.75, 3.05) is 38.3 Å². The molecule has 7 heteroatoms. The molecule has 1 fully saturated rings. The highest BCUT2D eigenvalue weighted by atomic mass is 32.2. The first-order valence-corrected chi connectivity index (χ1v) is 10.2. The minimum atomic E-state index is -3.50. The Morgan fingerprint density at radius 2 is 1.67 bits per heavy atom. The van der Waals surface area contributed by atoms with E-state index in [4.69, 9.17) is 4.74 Å². The fraction of sp³-hybridized carbons (Fsp3) is 0.250. The van der Waals surface area contributed by atoms with Crippen molar-refractivity contribution < 1.29 is 17.9 Å². The van der Waals surface area contributed by atoms with Crippen molar-refractivity contribution in [3.8, 4) is 0 Å². The SMILES string of the molecule is CNS(=O)(=O)c1ccc(C(=O)/C=C/c2ccc(N3CCOCC3)cc2)cc1. The van der Waals surface area contributed by atoms with Gasteiger partial charge < -0.3 is 9.64 Å². The number of nitrogens with zero attached hydrogens (tertiary/aromatic N) is 1. The van der Waals surface area contributed by atoms with Crippen LogP contribution in [0.5, 0.6) is 0 Å². The summed E-state index contributed by atoms with van der Waals surface area (Å²) in [5.74, 6) is -0.180. The van der Waals surface area contributed by atoms with Crippen LogP contribution in [0, 0.1) is 0 Å². The number of morpholine rings is 1. The van der Waals surface area contributed by atoms with Crippen LogP contribution in [0.3, 0.4) is 0 Å². The summed E-state index contributed by atoms with van der Waals surface area (Å²) in [6.07, 6.45) is 3.25. The average Bonchev–Trinajstić information content (AvgIpc) is 2.73. The smallest absolute Gasteiger partial charge is 0.240 e. The third-order valence-corrected chi connectivity index (χ3v) is 5.84. The average molecular weight is 386 g/mol. The first kappa shape index (κ1) is 19.3. The summed E-state index contributed by atoms with van der Waals surface area (Å²) < 4.78 is 31.0. The van der Waals surface area contributed by atoms with E-state index in [2.05, 4.69) is 9.62 Å². The molecule has 6 nitrogen and oxygen atoms in total. The Morgan fingerprint density at radius 3 is 2.26 bits per heavy atom. The van der Waals surface area contributed by atoms with E-state index < -0.39 is 10.0 Å². The lowest BCUT2D eigenvalue weighted by Crippen LogP contribution is -2.36. The van der Waals surface area contributed by atoms with Gasteiger partial charge in [-0.3, -0.25) is 4.79 Å². The van der Waals surface area contributed by atoms with Gasteiger partial charge in [0, 0.05) is 24.3 Å². The summed E-state index contributed by atoms with van der Waals surface area (Å²) in [6, 6.07) is 13.9. The number of allylic oxidation sites excluding steroid dienone is 1. The molecule has 1 aliphatic heterocycles. The maximum absolute atomic E-state index is 12.3. The lowest BCUT2D eigenvalue weighted by molar-refractivity contribution is 0.104. The number of hydrogen-bond donors (Lipinski definition) is 1. The standard InChI is InChI=1S/C20H22N2O4S/c1-21-27(24,25)19-9-5-17(6-10-19)20(23)11-4-16-2-7-18(8-3-16)22-12-14-26-15-13-22/h2-11,21H,12-15H2,1H3/b11-4+. The molecule has 0 aromatic heterocycles. The second kappa shape index (κ2) is 8.47. The topological polar surface area (TPSA) is 75.7 Å². The van der Waals surface area contributed by atoms with Gasteiger partial charge in [0.15, 0.2) is 5.78 Å². The van der Waals surface area contributed by atoms with Crippen LogP contribution in [0.1, 0.15) is 15.9 Å². The minimum Gasteiger partial charge on any atom is -0.378 e. The number of nitrogens with one attached hydrogen (secondary N) is 1. The van der Waals surface area contributed by atoms with Crippen LogP contribution in [0.4, 0.5) is 5.69 Å². The number of anilines is 1.